The zero-order valence-corrected chi connectivity index (χ0v) is 10.9. The summed E-state index contributed by atoms with van der Waals surface area (Å²) in [5.74, 6) is 0. The van der Waals surface area contributed by atoms with E-state index in [1.807, 2.05) is 24.1 Å². The number of hydrogen-bond acceptors (Lipinski definition) is 3. The van der Waals surface area contributed by atoms with Gasteiger partial charge in [-0.15, -0.1) is 11.8 Å². The van der Waals surface area contributed by atoms with Crippen molar-refractivity contribution in [3.8, 4) is 0 Å². The van der Waals surface area contributed by atoms with Gasteiger partial charge in [-0.2, -0.15) is 5.10 Å². The van der Waals surface area contributed by atoms with Crippen LogP contribution in [0.3, 0.4) is 0 Å². The van der Waals surface area contributed by atoms with Crippen LogP contribution in [0.5, 0.6) is 0 Å². The van der Waals surface area contributed by atoms with Gasteiger partial charge in [-0.1, -0.05) is 29.8 Å². The Balaban J connectivity index is 2.16. The number of thioether (sulfide) groups is 1. The lowest BCUT2D eigenvalue weighted by Gasteiger charge is -2.14. The Kier molecular flexibility index (Phi) is 3.86. The van der Waals surface area contributed by atoms with Gasteiger partial charge in [0.2, 0.25) is 0 Å². The van der Waals surface area contributed by atoms with Crippen molar-refractivity contribution in [2.24, 2.45) is 12.8 Å². The fourth-order valence-corrected chi connectivity index (χ4v) is 2.78. The molecule has 0 amide bonds. The summed E-state index contributed by atoms with van der Waals surface area (Å²) >= 11 is 1.76. The summed E-state index contributed by atoms with van der Waals surface area (Å²) in [5.41, 5.74) is 8.41. The first-order chi connectivity index (χ1) is 8.19. The molecule has 0 bridgehead atoms. The molecule has 4 heteroatoms. The van der Waals surface area contributed by atoms with Gasteiger partial charge in [-0.25, -0.2) is 0 Å². The number of nitrogens with zero attached hydrogens (tertiary/aromatic N) is 2. The van der Waals surface area contributed by atoms with Crippen LogP contribution >= 0.6 is 11.8 Å². The SMILES string of the molecule is Cc1cccc(C(CN)Sc2cnn(C)c2)c1. The van der Waals surface area contributed by atoms with Crippen LogP contribution in [0.15, 0.2) is 41.6 Å². The number of aryl methyl sites for hydroxylation is 2. The molecule has 0 saturated carbocycles. The molecule has 0 fully saturated rings. The standard InChI is InChI=1S/C13H17N3S/c1-10-4-3-5-11(6-10)13(7-14)17-12-8-15-16(2)9-12/h3-6,8-9,13H,7,14H2,1-2H3. The van der Waals surface area contributed by atoms with Crippen LogP contribution in [0.25, 0.3) is 0 Å². The summed E-state index contributed by atoms with van der Waals surface area (Å²) in [6.07, 6.45) is 3.90. The second kappa shape index (κ2) is 5.38. The largest absolute Gasteiger partial charge is 0.329 e. The maximum Gasteiger partial charge on any atom is 0.0626 e. The fourth-order valence-electron chi connectivity index (χ4n) is 1.75. The molecule has 0 spiro atoms. The minimum absolute atomic E-state index is 0.291. The fraction of sp³-hybridized carbons (Fsp3) is 0.308. The number of benzene rings is 1. The molecule has 1 aromatic carbocycles. The van der Waals surface area contributed by atoms with E-state index in [0.29, 0.717) is 11.8 Å². The van der Waals surface area contributed by atoms with Crippen LogP contribution in [-0.2, 0) is 7.05 Å². The van der Waals surface area contributed by atoms with Gasteiger partial charge in [0.05, 0.1) is 6.20 Å². The number of aromatic nitrogens is 2. The van der Waals surface area contributed by atoms with E-state index >= 15 is 0 Å². The third-order valence-corrected chi connectivity index (χ3v) is 3.82. The molecule has 0 aliphatic carbocycles. The number of nitrogens with two attached hydrogens (primary N) is 1. The summed E-state index contributed by atoms with van der Waals surface area (Å²) in [5, 5.41) is 4.46. The molecular weight excluding hydrogens is 230 g/mol. The van der Waals surface area contributed by atoms with E-state index in [9.17, 15) is 0 Å². The first-order valence-electron chi connectivity index (χ1n) is 5.61. The molecule has 1 aromatic heterocycles. The van der Waals surface area contributed by atoms with Crippen LogP contribution in [0.1, 0.15) is 16.4 Å². The van der Waals surface area contributed by atoms with E-state index < -0.39 is 0 Å². The Bertz CT molecular complexity index is 493. The molecule has 0 aliphatic heterocycles. The lowest BCUT2D eigenvalue weighted by atomic mass is 10.1. The van der Waals surface area contributed by atoms with Gasteiger partial charge in [0, 0.05) is 29.9 Å². The molecule has 0 aliphatic rings. The highest BCUT2D eigenvalue weighted by molar-refractivity contribution is 7.99. The number of hydrogen-bond donors (Lipinski definition) is 1. The maximum atomic E-state index is 5.86. The van der Waals surface area contributed by atoms with E-state index in [2.05, 4.69) is 36.3 Å². The zero-order chi connectivity index (χ0) is 12.3. The Morgan fingerprint density at radius 3 is 2.88 bits per heavy atom. The predicted octanol–water partition coefficient (Wildman–Crippen LogP) is 2.52. The van der Waals surface area contributed by atoms with Crippen LogP contribution in [0.4, 0.5) is 0 Å². The van der Waals surface area contributed by atoms with Crippen molar-refractivity contribution in [2.45, 2.75) is 17.1 Å². The Morgan fingerprint density at radius 2 is 2.29 bits per heavy atom. The molecule has 1 unspecified atom stereocenters. The minimum Gasteiger partial charge on any atom is -0.329 e. The first-order valence-corrected chi connectivity index (χ1v) is 6.49. The van der Waals surface area contributed by atoms with Crippen LogP contribution in [0.2, 0.25) is 0 Å². The van der Waals surface area contributed by atoms with Gasteiger partial charge in [-0.05, 0) is 12.5 Å². The third kappa shape index (κ3) is 3.11. The van der Waals surface area contributed by atoms with Gasteiger partial charge < -0.3 is 5.73 Å². The van der Waals surface area contributed by atoms with E-state index in [4.69, 9.17) is 5.73 Å². The Hall–Kier alpha value is -1.26. The van der Waals surface area contributed by atoms with Crippen LogP contribution in [-0.4, -0.2) is 16.3 Å². The second-order valence-electron chi connectivity index (χ2n) is 4.11. The average Bonchev–Trinajstić information content (AvgIpc) is 2.72. The van der Waals surface area contributed by atoms with Gasteiger partial charge in [0.1, 0.15) is 0 Å². The second-order valence-corrected chi connectivity index (χ2v) is 5.38. The summed E-state index contributed by atoms with van der Waals surface area (Å²) in [6, 6.07) is 8.51. The van der Waals surface area contributed by atoms with Crippen molar-refractivity contribution in [3.63, 3.8) is 0 Å². The smallest absolute Gasteiger partial charge is 0.0626 e. The highest BCUT2D eigenvalue weighted by atomic mass is 32.2. The summed E-state index contributed by atoms with van der Waals surface area (Å²) < 4.78 is 1.81. The van der Waals surface area contributed by atoms with Crippen molar-refractivity contribution in [1.82, 2.24) is 9.78 Å². The van der Waals surface area contributed by atoms with Crippen LogP contribution in [0, 0.1) is 6.92 Å². The van der Waals surface area contributed by atoms with Crippen molar-refractivity contribution < 1.29 is 0 Å². The quantitative estimate of drug-likeness (QED) is 0.844. The molecule has 2 rings (SSSR count). The van der Waals surface area contributed by atoms with E-state index in [1.165, 1.54) is 11.1 Å². The lowest BCUT2D eigenvalue weighted by molar-refractivity contribution is 0.766. The minimum atomic E-state index is 0.291. The van der Waals surface area contributed by atoms with Crippen molar-refractivity contribution in [2.75, 3.05) is 6.54 Å². The molecule has 0 saturated heterocycles. The highest BCUT2D eigenvalue weighted by Crippen LogP contribution is 2.34. The Morgan fingerprint density at radius 1 is 1.47 bits per heavy atom. The molecule has 3 nitrogen and oxygen atoms in total. The van der Waals surface area contributed by atoms with E-state index in [1.54, 1.807) is 11.8 Å². The molecule has 1 heterocycles. The van der Waals surface area contributed by atoms with Crippen molar-refractivity contribution >= 4 is 11.8 Å². The van der Waals surface area contributed by atoms with E-state index in [0.717, 1.165) is 4.90 Å². The first kappa shape index (κ1) is 12.2. The molecule has 2 N–H and O–H groups in total. The highest BCUT2D eigenvalue weighted by Gasteiger charge is 2.12. The maximum absolute atomic E-state index is 5.86. The van der Waals surface area contributed by atoms with Gasteiger partial charge in [0.15, 0.2) is 0 Å². The average molecular weight is 247 g/mol. The van der Waals surface area contributed by atoms with Gasteiger partial charge >= 0.3 is 0 Å². The van der Waals surface area contributed by atoms with E-state index in [-0.39, 0.29) is 0 Å². The van der Waals surface area contributed by atoms with Crippen LogP contribution < -0.4 is 5.73 Å². The Labute approximate surface area is 106 Å². The topological polar surface area (TPSA) is 43.8 Å². The lowest BCUT2D eigenvalue weighted by Crippen LogP contribution is -2.09. The van der Waals surface area contributed by atoms with Crippen molar-refractivity contribution in [3.05, 3.63) is 47.8 Å². The zero-order valence-electron chi connectivity index (χ0n) is 10.1. The molecule has 1 atom stereocenters. The van der Waals surface area contributed by atoms with Crippen molar-refractivity contribution in [1.29, 1.82) is 0 Å². The predicted molar refractivity (Wildman–Crippen MR) is 72.0 cm³/mol. The third-order valence-electron chi connectivity index (χ3n) is 2.59. The normalized spacial score (nSPS) is 12.6. The summed E-state index contributed by atoms with van der Waals surface area (Å²) in [4.78, 5) is 1.16. The molecule has 90 valence electrons. The molecule has 17 heavy (non-hydrogen) atoms. The van der Waals surface area contributed by atoms with Gasteiger partial charge in [-0.3, -0.25) is 4.68 Å². The molecule has 2 aromatic rings. The molecular formula is C13H17N3S. The van der Waals surface area contributed by atoms with Gasteiger partial charge in [0.25, 0.3) is 0 Å². The monoisotopic (exact) mass is 247 g/mol. The number of rotatable bonds is 4. The summed E-state index contributed by atoms with van der Waals surface area (Å²) in [6.45, 7) is 2.73. The molecule has 0 radical (unpaired) electrons. The summed E-state index contributed by atoms with van der Waals surface area (Å²) in [7, 11) is 1.92.